The molecule has 0 radical (unpaired) electrons. The summed E-state index contributed by atoms with van der Waals surface area (Å²) in [6.07, 6.45) is 5.32. The van der Waals surface area contributed by atoms with Crippen molar-refractivity contribution >= 4 is 39.3 Å². The average molecular weight is 366 g/mol. The summed E-state index contributed by atoms with van der Waals surface area (Å²) in [5.74, 6) is -0.487. The van der Waals surface area contributed by atoms with E-state index in [0.29, 0.717) is 5.92 Å². The Kier molecular flexibility index (Phi) is 7.56. The standard InChI is InChI=1S/C19H27NO2S2/c1-4-6-9-14(5-2)12-15(18(21)22)13(3)23-19-20-16-10-7-8-11-17(16)24-19/h7-8,10-11,13-15H,4-6,9,12H2,1-3H3,(H,21,22). The molecule has 0 amide bonds. The Morgan fingerprint density at radius 1 is 1.33 bits per heavy atom. The molecule has 2 rings (SSSR count). The monoisotopic (exact) mass is 365 g/mol. The van der Waals surface area contributed by atoms with E-state index in [4.69, 9.17) is 0 Å². The van der Waals surface area contributed by atoms with E-state index in [-0.39, 0.29) is 11.2 Å². The van der Waals surface area contributed by atoms with Gasteiger partial charge in [-0.15, -0.1) is 11.3 Å². The number of thiazole rings is 1. The third kappa shape index (κ3) is 5.21. The lowest BCUT2D eigenvalue weighted by atomic mass is 9.87. The van der Waals surface area contributed by atoms with Gasteiger partial charge in [-0.1, -0.05) is 70.3 Å². The van der Waals surface area contributed by atoms with Gasteiger partial charge in [0.15, 0.2) is 4.34 Å². The molecule has 3 nitrogen and oxygen atoms in total. The number of thioether (sulfide) groups is 1. The van der Waals surface area contributed by atoms with Crippen LogP contribution in [0.5, 0.6) is 0 Å². The van der Waals surface area contributed by atoms with Crippen LogP contribution in [-0.4, -0.2) is 21.3 Å². The normalized spacial score (nSPS) is 15.3. The molecule has 0 aliphatic rings. The maximum Gasteiger partial charge on any atom is 0.307 e. The minimum atomic E-state index is -0.675. The van der Waals surface area contributed by atoms with Gasteiger partial charge >= 0.3 is 5.97 Å². The van der Waals surface area contributed by atoms with Gasteiger partial charge in [-0.2, -0.15) is 0 Å². The maximum atomic E-state index is 11.8. The molecular weight excluding hydrogens is 338 g/mol. The van der Waals surface area contributed by atoms with E-state index in [1.165, 1.54) is 12.8 Å². The fraction of sp³-hybridized carbons (Fsp3) is 0.579. The highest BCUT2D eigenvalue weighted by molar-refractivity contribution is 8.01. The lowest BCUT2D eigenvalue weighted by Crippen LogP contribution is -2.26. The third-order valence-electron chi connectivity index (χ3n) is 4.58. The highest BCUT2D eigenvalue weighted by Crippen LogP contribution is 2.37. The second-order valence-corrected chi connectivity index (χ2v) is 9.02. The van der Waals surface area contributed by atoms with Crippen molar-refractivity contribution in [1.29, 1.82) is 0 Å². The highest BCUT2D eigenvalue weighted by Gasteiger charge is 2.28. The number of fused-ring (bicyclic) bond motifs is 1. The fourth-order valence-corrected chi connectivity index (χ4v) is 5.45. The molecule has 3 atom stereocenters. The smallest absolute Gasteiger partial charge is 0.307 e. The summed E-state index contributed by atoms with van der Waals surface area (Å²) in [6.45, 7) is 6.39. The Hall–Kier alpha value is -1.07. The molecule has 1 aromatic carbocycles. The van der Waals surface area contributed by atoms with Crippen molar-refractivity contribution in [3.8, 4) is 0 Å². The first-order chi connectivity index (χ1) is 11.5. The van der Waals surface area contributed by atoms with Crippen molar-refractivity contribution in [2.75, 3.05) is 0 Å². The fourth-order valence-electron chi connectivity index (χ4n) is 2.98. The van der Waals surface area contributed by atoms with Crippen LogP contribution in [0.2, 0.25) is 0 Å². The van der Waals surface area contributed by atoms with Gasteiger partial charge in [-0.05, 0) is 24.5 Å². The van der Waals surface area contributed by atoms with Crippen LogP contribution >= 0.6 is 23.1 Å². The third-order valence-corrected chi connectivity index (χ3v) is 6.94. The van der Waals surface area contributed by atoms with Crippen LogP contribution < -0.4 is 0 Å². The molecule has 24 heavy (non-hydrogen) atoms. The van der Waals surface area contributed by atoms with Crippen LogP contribution in [0, 0.1) is 11.8 Å². The summed E-state index contributed by atoms with van der Waals surface area (Å²) in [5, 5.41) is 9.73. The minimum absolute atomic E-state index is 0.0266. The Labute approximate surface area is 152 Å². The number of rotatable bonds is 10. The molecule has 0 fully saturated rings. The molecule has 132 valence electrons. The van der Waals surface area contributed by atoms with Gasteiger partial charge in [0.1, 0.15) is 0 Å². The van der Waals surface area contributed by atoms with Gasteiger partial charge < -0.3 is 5.11 Å². The van der Waals surface area contributed by atoms with Crippen LogP contribution in [0.15, 0.2) is 28.6 Å². The second kappa shape index (κ2) is 9.42. The van der Waals surface area contributed by atoms with Gasteiger partial charge in [-0.3, -0.25) is 4.79 Å². The number of benzene rings is 1. The number of carbonyl (C=O) groups is 1. The zero-order chi connectivity index (χ0) is 17.5. The first kappa shape index (κ1) is 19.3. The molecule has 1 N–H and O–H groups in total. The van der Waals surface area contributed by atoms with Gasteiger partial charge in [0, 0.05) is 5.25 Å². The van der Waals surface area contributed by atoms with Crippen molar-refractivity contribution < 1.29 is 9.90 Å². The summed E-state index contributed by atoms with van der Waals surface area (Å²) >= 11 is 3.26. The molecule has 0 spiro atoms. The molecule has 3 unspecified atom stereocenters. The van der Waals surface area contributed by atoms with Gasteiger partial charge in [0.25, 0.3) is 0 Å². The number of nitrogens with zero attached hydrogens (tertiary/aromatic N) is 1. The number of carboxylic acids is 1. The summed E-state index contributed by atoms with van der Waals surface area (Å²) < 4.78 is 2.13. The molecular formula is C19H27NO2S2. The molecule has 5 heteroatoms. The number of unbranched alkanes of at least 4 members (excludes halogenated alkanes) is 1. The SMILES string of the molecule is CCCCC(CC)CC(C(=O)O)C(C)Sc1nc2ccccc2s1. The van der Waals surface area contributed by atoms with Crippen molar-refractivity contribution in [3.63, 3.8) is 0 Å². The number of aliphatic carboxylic acids is 1. The number of carboxylic acid groups (broad SMARTS) is 1. The van der Waals surface area contributed by atoms with Gasteiger partial charge in [0.05, 0.1) is 16.1 Å². The Bertz CT molecular complexity index is 623. The molecule has 1 heterocycles. The van der Waals surface area contributed by atoms with E-state index in [1.54, 1.807) is 23.1 Å². The minimum Gasteiger partial charge on any atom is -0.481 e. The first-order valence-corrected chi connectivity index (χ1v) is 10.5. The van der Waals surface area contributed by atoms with E-state index in [2.05, 4.69) is 24.9 Å². The van der Waals surface area contributed by atoms with E-state index in [1.807, 2.05) is 25.1 Å². The number of hydrogen-bond donors (Lipinski definition) is 1. The van der Waals surface area contributed by atoms with E-state index >= 15 is 0 Å². The van der Waals surface area contributed by atoms with Crippen LogP contribution in [0.25, 0.3) is 10.2 Å². The molecule has 0 bridgehead atoms. The molecule has 0 saturated carbocycles. The van der Waals surface area contributed by atoms with E-state index < -0.39 is 5.97 Å². The molecule has 0 saturated heterocycles. The Balaban J connectivity index is 2.04. The van der Waals surface area contributed by atoms with E-state index in [9.17, 15) is 9.90 Å². The molecule has 1 aromatic heterocycles. The average Bonchev–Trinajstić information content (AvgIpc) is 2.96. The molecule has 2 aromatic rings. The number of aromatic nitrogens is 1. The van der Waals surface area contributed by atoms with Crippen LogP contribution in [0.1, 0.15) is 52.9 Å². The largest absolute Gasteiger partial charge is 0.481 e. The van der Waals surface area contributed by atoms with Crippen LogP contribution in [-0.2, 0) is 4.79 Å². The van der Waals surface area contributed by atoms with Gasteiger partial charge in [0.2, 0.25) is 0 Å². The predicted octanol–water partition coefficient (Wildman–Crippen LogP) is 6.08. The second-order valence-electron chi connectivity index (χ2n) is 6.37. The molecule has 0 aliphatic heterocycles. The molecule has 0 aliphatic carbocycles. The lowest BCUT2D eigenvalue weighted by molar-refractivity contribution is -0.142. The lowest BCUT2D eigenvalue weighted by Gasteiger charge is -2.23. The first-order valence-electron chi connectivity index (χ1n) is 8.80. The summed E-state index contributed by atoms with van der Waals surface area (Å²) in [7, 11) is 0. The van der Waals surface area contributed by atoms with Crippen molar-refractivity contribution in [1.82, 2.24) is 4.98 Å². The quantitative estimate of drug-likeness (QED) is 0.518. The number of hydrogen-bond acceptors (Lipinski definition) is 4. The van der Waals surface area contributed by atoms with Crippen molar-refractivity contribution in [2.24, 2.45) is 11.8 Å². The van der Waals surface area contributed by atoms with Crippen LogP contribution in [0.3, 0.4) is 0 Å². The summed E-state index contributed by atoms with van der Waals surface area (Å²) in [5.41, 5.74) is 0.999. The van der Waals surface area contributed by atoms with Crippen LogP contribution in [0.4, 0.5) is 0 Å². The Morgan fingerprint density at radius 3 is 2.71 bits per heavy atom. The predicted molar refractivity (Wildman–Crippen MR) is 104 cm³/mol. The highest BCUT2D eigenvalue weighted by atomic mass is 32.2. The topological polar surface area (TPSA) is 50.2 Å². The Morgan fingerprint density at radius 2 is 2.08 bits per heavy atom. The van der Waals surface area contributed by atoms with Gasteiger partial charge in [-0.25, -0.2) is 4.98 Å². The van der Waals surface area contributed by atoms with Crippen molar-refractivity contribution in [3.05, 3.63) is 24.3 Å². The summed E-state index contributed by atoms with van der Waals surface area (Å²) in [6, 6.07) is 8.07. The van der Waals surface area contributed by atoms with Crippen molar-refractivity contribution in [2.45, 2.75) is 62.5 Å². The number of para-hydroxylation sites is 1. The zero-order valence-electron chi connectivity index (χ0n) is 14.7. The van der Waals surface area contributed by atoms with E-state index in [0.717, 1.165) is 33.8 Å². The zero-order valence-corrected chi connectivity index (χ0v) is 16.3. The summed E-state index contributed by atoms with van der Waals surface area (Å²) in [4.78, 5) is 16.4. The maximum absolute atomic E-state index is 11.8.